The molecule has 0 unspecified atom stereocenters. The van der Waals surface area contributed by atoms with Crippen molar-refractivity contribution in [3.05, 3.63) is 98.6 Å². The van der Waals surface area contributed by atoms with E-state index in [4.69, 9.17) is 26.2 Å². The summed E-state index contributed by atoms with van der Waals surface area (Å²) >= 11 is 6.80. The quantitative estimate of drug-likeness (QED) is 0.230. The third-order valence-corrected chi connectivity index (χ3v) is 9.47. The Morgan fingerprint density at radius 2 is 1.64 bits per heavy atom. The molecular weight excluding hydrogens is 616 g/mol. The number of aromatic nitrogens is 3. The second-order valence-corrected chi connectivity index (χ2v) is 13.0. The molecular formula is C36H41ClN6O4. The molecule has 246 valence electrons. The number of benzene rings is 2. The number of β-amino-alcohol motifs (C(OH)–C–C–N with tert-alkyl or cyclic N) is 2. The van der Waals surface area contributed by atoms with Crippen LogP contribution in [0.15, 0.2) is 48.8 Å². The molecule has 0 spiro atoms. The van der Waals surface area contributed by atoms with Crippen LogP contribution < -0.4 is 9.47 Å². The molecule has 0 saturated carbocycles. The van der Waals surface area contributed by atoms with Gasteiger partial charge in [-0.3, -0.25) is 14.8 Å². The molecule has 2 N–H and O–H groups in total. The highest BCUT2D eigenvalue weighted by Gasteiger charge is 2.25. The summed E-state index contributed by atoms with van der Waals surface area (Å²) in [5, 5.41) is 34.7. The van der Waals surface area contributed by atoms with Crippen molar-refractivity contribution < 1.29 is 19.7 Å². The summed E-state index contributed by atoms with van der Waals surface area (Å²) in [7, 11) is 0. The van der Waals surface area contributed by atoms with E-state index in [0.29, 0.717) is 48.3 Å². The van der Waals surface area contributed by atoms with Crippen molar-refractivity contribution in [2.24, 2.45) is 0 Å². The number of rotatable bonds is 11. The molecule has 0 bridgehead atoms. The molecule has 2 aromatic carbocycles. The van der Waals surface area contributed by atoms with E-state index in [0.717, 1.165) is 71.8 Å². The summed E-state index contributed by atoms with van der Waals surface area (Å²) in [5.74, 6) is 1.13. The third kappa shape index (κ3) is 7.61. The molecule has 2 saturated heterocycles. The standard InChI is InChI=1S/C36H41ClN6O4/c1-23-28(5-4-6-34(23)43-25(3)32(24(2)40-43)20-42-10-8-31(45)19-42)22-47-36-13-35(46-21-27-11-26(14-38)15-39-16-27)29(12-33(36)37)17-41-9-7-30(44)18-41/h4-6,11-13,15-16,30-31,44-45H,7-10,17-22H2,1-3H3/t30-,31-/m1/s1. The molecule has 2 aromatic heterocycles. The summed E-state index contributed by atoms with van der Waals surface area (Å²) in [5.41, 5.74) is 8.47. The summed E-state index contributed by atoms with van der Waals surface area (Å²) in [6.45, 7) is 11.1. The first-order valence-corrected chi connectivity index (χ1v) is 16.4. The van der Waals surface area contributed by atoms with Gasteiger partial charge in [0.05, 0.1) is 34.2 Å². The fourth-order valence-corrected chi connectivity index (χ4v) is 6.70. The van der Waals surface area contributed by atoms with Gasteiger partial charge >= 0.3 is 0 Å². The maximum Gasteiger partial charge on any atom is 0.142 e. The molecule has 47 heavy (non-hydrogen) atoms. The summed E-state index contributed by atoms with van der Waals surface area (Å²) in [6.07, 6.45) is 4.16. The molecule has 4 heterocycles. The van der Waals surface area contributed by atoms with Gasteiger partial charge in [0.2, 0.25) is 0 Å². The van der Waals surface area contributed by atoms with Crippen LogP contribution in [0.25, 0.3) is 5.69 Å². The first-order chi connectivity index (χ1) is 22.7. The monoisotopic (exact) mass is 656 g/mol. The number of aliphatic hydroxyl groups is 2. The molecule has 0 amide bonds. The SMILES string of the molecule is Cc1nn(-c2cccc(COc3cc(OCc4cncc(C#N)c4)c(CN4CC[C@@H](O)C4)cc3Cl)c2C)c(C)c1CN1CC[C@@H](O)C1. The molecule has 6 rings (SSSR count). The van der Waals surface area contributed by atoms with Crippen LogP contribution in [0.4, 0.5) is 0 Å². The average molecular weight is 657 g/mol. The van der Waals surface area contributed by atoms with E-state index in [2.05, 4.69) is 40.8 Å². The average Bonchev–Trinajstić information content (AvgIpc) is 3.75. The highest BCUT2D eigenvalue weighted by atomic mass is 35.5. The van der Waals surface area contributed by atoms with E-state index in [-0.39, 0.29) is 18.8 Å². The smallest absolute Gasteiger partial charge is 0.142 e. The van der Waals surface area contributed by atoms with E-state index in [9.17, 15) is 15.5 Å². The first kappa shape index (κ1) is 32.9. The minimum absolute atomic E-state index is 0.226. The second kappa shape index (κ2) is 14.4. The van der Waals surface area contributed by atoms with E-state index < -0.39 is 0 Å². The van der Waals surface area contributed by atoms with Gasteiger partial charge in [-0.15, -0.1) is 0 Å². The van der Waals surface area contributed by atoms with Crippen LogP contribution in [0.5, 0.6) is 11.5 Å². The summed E-state index contributed by atoms with van der Waals surface area (Å²) in [6, 6.07) is 13.7. The van der Waals surface area contributed by atoms with Crippen LogP contribution in [-0.4, -0.2) is 73.2 Å². The topological polar surface area (TPSA) is 120 Å². The zero-order chi connectivity index (χ0) is 33.1. The van der Waals surface area contributed by atoms with Crippen LogP contribution in [0.1, 0.15) is 57.6 Å². The van der Waals surface area contributed by atoms with Crippen molar-refractivity contribution in [2.45, 2.75) is 72.1 Å². The van der Waals surface area contributed by atoms with Crippen molar-refractivity contribution in [1.82, 2.24) is 24.6 Å². The predicted octanol–water partition coefficient (Wildman–Crippen LogP) is 5.01. The second-order valence-electron chi connectivity index (χ2n) is 12.6. The number of nitrogens with zero attached hydrogens (tertiary/aromatic N) is 6. The van der Waals surface area contributed by atoms with Gasteiger partial charge < -0.3 is 19.7 Å². The van der Waals surface area contributed by atoms with Gasteiger partial charge in [0.1, 0.15) is 30.8 Å². The van der Waals surface area contributed by atoms with Gasteiger partial charge in [-0.2, -0.15) is 10.4 Å². The van der Waals surface area contributed by atoms with E-state index in [1.807, 2.05) is 35.9 Å². The number of halogens is 1. The largest absolute Gasteiger partial charge is 0.488 e. The highest BCUT2D eigenvalue weighted by molar-refractivity contribution is 6.32. The number of hydrogen-bond donors (Lipinski definition) is 2. The van der Waals surface area contributed by atoms with Gasteiger partial charge in [0.15, 0.2) is 0 Å². The van der Waals surface area contributed by atoms with Crippen molar-refractivity contribution in [1.29, 1.82) is 5.26 Å². The van der Waals surface area contributed by atoms with Gasteiger partial charge in [0.25, 0.3) is 0 Å². The van der Waals surface area contributed by atoms with E-state index in [1.165, 1.54) is 11.8 Å². The van der Waals surface area contributed by atoms with Crippen molar-refractivity contribution in [3.63, 3.8) is 0 Å². The van der Waals surface area contributed by atoms with Gasteiger partial charge in [0, 0.05) is 80.1 Å². The third-order valence-electron chi connectivity index (χ3n) is 9.17. The summed E-state index contributed by atoms with van der Waals surface area (Å²) < 4.78 is 14.6. The van der Waals surface area contributed by atoms with E-state index >= 15 is 0 Å². The van der Waals surface area contributed by atoms with Crippen molar-refractivity contribution in [3.8, 4) is 23.3 Å². The number of ether oxygens (including phenoxy) is 2. The minimum atomic E-state index is -0.337. The van der Waals surface area contributed by atoms with Gasteiger partial charge in [-0.05, 0) is 62.9 Å². The van der Waals surface area contributed by atoms with Crippen LogP contribution in [0.2, 0.25) is 5.02 Å². The molecule has 0 radical (unpaired) electrons. The lowest BCUT2D eigenvalue weighted by atomic mass is 10.1. The zero-order valence-electron chi connectivity index (χ0n) is 27.1. The number of aliphatic hydroxyl groups excluding tert-OH is 2. The molecule has 0 aliphatic carbocycles. The Bertz CT molecular complexity index is 1790. The maximum absolute atomic E-state index is 10.1. The van der Waals surface area contributed by atoms with Gasteiger partial charge in [-0.1, -0.05) is 23.7 Å². The Morgan fingerprint density at radius 3 is 2.34 bits per heavy atom. The van der Waals surface area contributed by atoms with E-state index in [1.54, 1.807) is 12.3 Å². The zero-order valence-corrected chi connectivity index (χ0v) is 27.9. The van der Waals surface area contributed by atoms with Crippen molar-refractivity contribution >= 4 is 11.6 Å². The number of aryl methyl sites for hydroxylation is 1. The predicted molar refractivity (Wildman–Crippen MR) is 179 cm³/mol. The molecule has 2 aliphatic heterocycles. The molecule has 11 heteroatoms. The highest BCUT2D eigenvalue weighted by Crippen LogP contribution is 2.36. The number of likely N-dealkylation sites (tertiary alicyclic amines) is 2. The number of nitriles is 1. The molecule has 10 nitrogen and oxygen atoms in total. The molecule has 2 atom stereocenters. The fourth-order valence-electron chi connectivity index (χ4n) is 6.46. The first-order valence-electron chi connectivity index (χ1n) is 16.0. The minimum Gasteiger partial charge on any atom is -0.488 e. The Balaban J connectivity index is 1.22. The van der Waals surface area contributed by atoms with Crippen LogP contribution in [-0.2, 0) is 26.3 Å². The fraction of sp³-hybridized carbons (Fsp3) is 0.417. The molecule has 2 fully saturated rings. The normalized spacial score (nSPS) is 18.5. The van der Waals surface area contributed by atoms with Crippen LogP contribution in [0.3, 0.4) is 0 Å². The van der Waals surface area contributed by atoms with Crippen LogP contribution in [0, 0.1) is 32.1 Å². The Morgan fingerprint density at radius 1 is 0.915 bits per heavy atom. The lowest BCUT2D eigenvalue weighted by Gasteiger charge is -2.20. The number of hydrogen-bond acceptors (Lipinski definition) is 9. The van der Waals surface area contributed by atoms with Crippen molar-refractivity contribution in [2.75, 3.05) is 26.2 Å². The molecule has 2 aliphatic rings. The summed E-state index contributed by atoms with van der Waals surface area (Å²) in [4.78, 5) is 8.61. The maximum atomic E-state index is 10.1. The van der Waals surface area contributed by atoms with Crippen LogP contribution >= 0.6 is 11.6 Å². The lowest BCUT2D eigenvalue weighted by Crippen LogP contribution is -2.22. The molecule has 4 aromatic rings. The lowest BCUT2D eigenvalue weighted by molar-refractivity contribution is 0.174. The Kier molecular flexibility index (Phi) is 10.1. The number of pyridine rings is 1. The Hall–Kier alpha value is -3.98. The van der Waals surface area contributed by atoms with Gasteiger partial charge in [-0.25, -0.2) is 4.68 Å². The Labute approximate surface area is 280 Å².